The molecule has 0 radical (unpaired) electrons. The molecule has 2 saturated heterocycles. The SMILES string of the molecule is CCN1CCN(C2=C(c3ccc(C)cc3)C(=O)N(c3ccc(N4CCCC4)cc3)C2=O)CC1. The number of likely N-dealkylation sites (N-methyl/N-ethyl adjacent to an activating group) is 1. The molecule has 3 aliphatic heterocycles. The van der Waals surface area contributed by atoms with E-state index in [9.17, 15) is 9.59 Å². The van der Waals surface area contributed by atoms with Gasteiger partial charge in [0.2, 0.25) is 0 Å². The largest absolute Gasteiger partial charge is 0.372 e. The van der Waals surface area contributed by atoms with Crippen LogP contribution < -0.4 is 9.80 Å². The van der Waals surface area contributed by atoms with E-state index in [4.69, 9.17) is 0 Å². The Labute approximate surface area is 196 Å². The van der Waals surface area contributed by atoms with Crippen molar-refractivity contribution in [1.29, 1.82) is 0 Å². The van der Waals surface area contributed by atoms with Crippen LogP contribution >= 0.6 is 0 Å². The van der Waals surface area contributed by atoms with Gasteiger partial charge in [0.15, 0.2) is 0 Å². The number of anilines is 2. The number of hydrogen-bond donors (Lipinski definition) is 0. The van der Waals surface area contributed by atoms with Gasteiger partial charge in [-0.3, -0.25) is 9.59 Å². The first-order chi connectivity index (χ1) is 16.1. The zero-order valence-electron chi connectivity index (χ0n) is 19.6. The Morgan fingerprint density at radius 2 is 1.30 bits per heavy atom. The highest BCUT2D eigenvalue weighted by Crippen LogP contribution is 2.36. The fourth-order valence-corrected chi connectivity index (χ4v) is 5.10. The number of carbonyl (C=O) groups excluding carboxylic acids is 2. The molecule has 0 saturated carbocycles. The van der Waals surface area contributed by atoms with Crippen molar-refractivity contribution in [3.8, 4) is 0 Å². The fraction of sp³-hybridized carbons (Fsp3) is 0.407. The van der Waals surface area contributed by atoms with E-state index in [0.29, 0.717) is 17.0 Å². The molecule has 6 heteroatoms. The summed E-state index contributed by atoms with van der Waals surface area (Å²) in [6.45, 7) is 10.6. The number of amides is 2. The van der Waals surface area contributed by atoms with Crippen LogP contribution in [0, 0.1) is 6.92 Å². The highest BCUT2D eigenvalue weighted by molar-refractivity contribution is 6.45. The minimum absolute atomic E-state index is 0.213. The van der Waals surface area contributed by atoms with E-state index in [0.717, 1.165) is 62.6 Å². The van der Waals surface area contributed by atoms with Gasteiger partial charge >= 0.3 is 0 Å². The van der Waals surface area contributed by atoms with Crippen LogP contribution in [0.15, 0.2) is 54.2 Å². The summed E-state index contributed by atoms with van der Waals surface area (Å²) in [5.41, 5.74) is 4.79. The van der Waals surface area contributed by atoms with Gasteiger partial charge in [-0.1, -0.05) is 36.8 Å². The van der Waals surface area contributed by atoms with Gasteiger partial charge in [0.05, 0.1) is 11.3 Å². The van der Waals surface area contributed by atoms with Crippen LogP contribution in [0.1, 0.15) is 30.9 Å². The van der Waals surface area contributed by atoms with Crippen molar-refractivity contribution in [2.24, 2.45) is 0 Å². The summed E-state index contributed by atoms with van der Waals surface area (Å²) in [5.74, 6) is -0.444. The Bertz CT molecular complexity index is 1060. The molecule has 3 aliphatic rings. The minimum Gasteiger partial charge on any atom is -0.372 e. The van der Waals surface area contributed by atoms with Gasteiger partial charge in [0.25, 0.3) is 11.8 Å². The lowest BCUT2D eigenvalue weighted by atomic mass is 10.0. The maximum absolute atomic E-state index is 13.7. The maximum Gasteiger partial charge on any atom is 0.282 e. The molecule has 3 heterocycles. The average molecular weight is 445 g/mol. The minimum atomic E-state index is -0.231. The van der Waals surface area contributed by atoms with Gasteiger partial charge in [-0.15, -0.1) is 0 Å². The van der Waals surface area contributed by atoms with Crippen molar-refractivity contribution in [3.63, 3.8) is 0 Å². The van der Waals surface area contributed by atoms with E-state index >= 15 is 0 Å². The number of carbonyl (C=O) groups is 2. The van der Waals surface area contributed by atoms with Crippen LogP contribution in [0.4, 0.5) is 11.4 Å². The van der Waals surface area contributed by atoms with Gasteiger partial charge in [0.1, 0.15) is 5.70 Å². The van der Waals surface area contributed by atoms with Crippen molar-refractivity contribution < 1.29 is 9.59 Å². The third kappa shape index (κ3) is 4.04. The smallest absolute Gasteiger partial charge is 0.282 e. The number of piperazine rings is 1. The first-order valence-electron chi connectivity index (χ1n) is 12.1. The molecule has 0 aromatic heterocycles. The fourth-order valence-electron chi connectivity index (χ4n) is 5.10. The van der Waals surface area contributed by atoms with Crippen LogP contribution in [0.2, 0.25) is 0 Å². The average Bonchev–Trinajstić information content (AvgIpc) is 3.47. The summed E-state index contributed by atoms with van der Waals surface area (Å²) in [4.78, 5) is 35.7. The molecule has 0 atom stereocenters. The topological polar surface area (TPSA) is 47.1 Å². The molecule has 0 spiro atoms. The summed E-state index contributed by atoms with van der Waals surface area (Å²) in [6.07, 6.45) is 2.42. The van der Waals surface area contributed by atoms with Crippen LogP contribution in [0.25, 0.3) is 5.57 Å². The Kier molecular flexibility index (Phi) is 5.94. The van der Waals surface area contributed by atoms with E-state index in [1.165, 1.54) is 17.7 Å². The van der Waals surface area contributed by atoms with E-state index in [-0.39, 0.29) is 11.8 Å². The Morgan fingerprint density at radius 3 is 1.91 bits per heavy atom. The van der Waals surface area contributed by atoms with Gasteiger partial charge < -0.3 is 14.7 Å². The van der Waals surface area contributed by atoms with Gasteiger partial charge in [-0.05, 0) is 56.1 Å². The van der Waals surface area contributed by atoms with Crippen molar-refractivity contribution in [2.45, 2.75) is 26.7 Å². The van der Waals surface area contributed by atoms with Crippen LogP contribution in [-0.2, 0) is 9.59 Å². The second-order valence-corrected chi connectivity index (χ2v) is 9.17. The molecule has 2 amide bonds. The lowest BCUT2D eigenvalue weighted by molar-refractivity contribution is -0.120. The van der Waals surface area contributed by atoms with E-state index < -0.39 is 0 Å². The predicted octanol–water partition coefficient (Wildman–Crippen LogP) is 3.52. The van der Waals surface area contributed by atoms with Crippen LogP contribution in [0.5, 0.6) is 0 Å². The third-order valence-corrected chi connectivity index (χ3v) is 7.11. The Morgan fingerprint density at radius 1 is 0.697 bits per heavy atom. The molecular formula is C27H32N4O2. The van der Waals surface area contributed by atoms with Gasteiger partial charge in [-0.2, -0.15) is 0 Å². The van der Waals surface area contributed by atoms with E-state index in [1.54, 1.807) is 0 Å². The maximum atomic E-state index is 13.7. The van der Waals surface area contributed by atoms with Crippen molar-refractivity contribution in [2.75, 3.05) is 55.6 Å². The number of nitrogens with zero attached hydrogens (tertiary/aromatic N) is 4. The van der Waals surface area contributed by atoms with Gasteiger partial charge in [-0.25, -0.2) is 4.90 Å². The number of aryl methyl sites for hydroxylation is 1. The molecule has 172 valence electrons. The lowest BCUT2D eigenvalue weighted by Crippen LogP contribution is -2.47. The summed E-state index contributed by atoms with van der Waals surface area (Å²) < 4.78 is 0. The quantitative estimate of drug-likeness (QED) is 0.661. The molecule has 0 bridgehead atoms. The summed E-state index contributed by atoms with van der Waals surface area (Å²) in [6, 6.07) is 15.8. The second kappa shape index (κ2) is 9.02. The first kappa shape index (κ1) is 21.7. The van der Waals surface area contributed by atoms with E-state index in [1.807, 2.05) is 55.5 Å². The third-order valence-electron chi connectivity index (χ3n) is 7.11. The van der Waals surface area contributed by atoms with E-state index in [2.05, 4.69) is 21.6 Å². The lowest BCUT2D eigenvalue weighted by Gasteiger charge is -2.36. The molecule has 0 N–H and O–H groups in total. The number of hydrogen-bond acceptors (Lipinski definition) is 5. The molecule has 2 aromatic carbocycles. The van der Waals surface area contributed by atoms with Crippen LogP contribution in [0.3, 0.4) is 0 Å². The molecule has 5 rings (SSSR count). The summed E-state index contributed by atoms with van der Waals surface area (Å²) in [5, 5.41) is 0. The Balaban J connectivity index is 1.49. The molecule has 0 aliphatic carbocycles. The first-order valence-corrected chi connectivity index (χ1v) is 12.1. The monoisotopic (exact) mass is 444 g/mol. The standard InChI is InChI=1S/C27H32N4O2/c1-3-28-16-18-30(19-17-28)25-24(21-8-6-20(2)7-9-21)26(32)31(27(25)33)23-12-10-22(11-13-23)29-14-4-5-15-29/h6-13H,3-5,14-19H2,1-2H3. The summed E-state index contributed by atoms with van der Waals surface area (Å²) >= 11 is 0. The van der Waals surface area contributed by atoms with Crippen molar-refractivity contribution in [3.05, 3.63) is 65.4 Å². The summed E-state index contributed by atoms with van der Waals surface area (Å²) in [7, 11) is 0. The van der Waals surface area contributed by atoms with Crippen LogP contribution in [-0.4, -0.2) is 67.4 Å². The zero-order chi connectivity index (χ0) is 22.9. The number of imide groups is 1. The number of rotatable bonds is 5. The Hall–Kier alpha value is -3.12. The second-order valence-electron chi connectivity index (χ2n) is 9.17. The molecule has 2 fully saturated rings. The molecule has 33 heavy (non-hydrogen) atoms. The highest BCUT2D eigenvalue weighted by Gasteiger charge is 2.43. The molecule has 2 aromatic rings. The van der Waals surface area contributed by atoms with Gasteiger partial charge in [0, 0.05) is 45.0 Å². The highest BCUT2D eigenvalue weighted by atomic mass is 16.2. The molecule has 0 unspecified atom stereocenters. The molecule has 6 nitrogen and oxygen atoms in total. The van der Waals surface area contributed by atoms with Crippen molar-refractivity contribution in [1.82, 2.24) is 9.80 Å². The zero-order valence-corrected chi connectivity index (χ0v) is 19.6. The number of benzene rings is 2. The molecular weight excluding hydrogens is 412 g/mol. The van der Waals surface area contributed by atoms with Crippen molar-refractivity contribution >= 4 is 28.8 Å². The normalized spacial score (nSPS) is 19.9. The predicted molar refractivity (Wildman–Crippen MR) is 132 cm³/mol.